The number of carbonyl (C=O) groups excluding carboxylic acids is 2. The average Bonchev–Trinajstić information content (AvgIpc) is 2.72. The Balaban J connectivity index is 1.53. The van der Waals surface area contributed by atoms with Crippen LogP contribution in [0.3, 0.4) is 0 Å². The third-order valence-electron chi connectivity index (χ3n) is 7.33. The van der Waals surface area contributed by atoms with Crippen LogP contribution in [0.2, 0.25) is 0 Å². The van der Waals surface area contributed by atoms with Crippen LogP contribution in [-0.4, -0.2) is 42.1 Å². The highest BCUT2D eigenvalue weighted by Crippen LogP contribution is 2.50. The van der Waals surface area contributed by atoms with E-state index in [0.717, 1.165) is 31.7 Å². The van der Waals surface area contributed by atoms with Gasteiger partial charge in [-0.05, 0) is 29.0 Å². The van der Waals surface area contributed by atoms with Gasteiger partial charge in [-0.2, -0.15) is 0 Å². The molecule has 0 amide bonds. The van der Waals surface area contributed by atoms with Crippen LogP contribution in [-0.2, 0) is 22.6 Å². The molecule has 2 fully saturated rings. The van der Waals surface area contributed by atoms with E-state index in [4.69, 9.17) is 0 Å². The van der Waals surface area contributed by atoms with E-state index in [1.807, 2.05) is 26.0 Å². The molecule has 2 heterocycles. The van der Waals surface area contributed by atoms with Crippen LogP contribution >= 0.6 is 0 Å². The molecule has 156 valence electrons. The molecular weight excluding hydrogens is 372 g/mol. The number of para-hydroxylation sites is 1. The summed E-state index contributed by atoms with van der Waals surface area (Å²) in [6, 6.07) is 18.7. The van der Waals surface area contributed by atoms with Gasteiger partial charge in [0, 0.05) is 44.7 Å². The summed E-state index contributed by atoms with van der Waals surface area (Å²) in [6.07, 6.45) is 1.53. The molecule has 30 heavy (non-hydrogen) atoms. The van der Waals surface area contributed by atoms with Gasteiger partial charge in [-0.25, -0.2) is 0 Å². The fourth-order valence-electron chi connectivity index (χ4n) is 5.87. The molecular formula is C26H30N2O2. The molecule has 1 unspecified atom stereocenters. The number of benzene rings is 2. The summed E-state index contributed by atoms with van der Waals surface area (Å²) in [5.74, 6) is 0.296. The quantitative estimate of drug-likeness (QED) is 0.715. The summed E-state index contributed by atoms with van der Waals surface area (Å²) in [5.41, 5.74) is 2.49. The lowest BCUT2D eigenvalue weighted by Gasteiger charge is -2.56. The van der Waals surface area contributed by atoms with Gasteiger partial charge in [0.25, 0.3) is 0 Å². The average molecular weight is 403 g/mol. The number of ketones is 2. The van der Waals surface area contributed by atoms with Crippen LogP contribution in [0.5, 0.6) is 0 Å². The maximum Gasteiger partial charge on any atom is 0.149 e. The Morgan fingerprint density at radius 1 is 0.867 bits per heavy atom. The summed E-state index contributed by atoms with van der Waals surface area (Å²) < 4.78 is 0. The van der Waals surface area contributed by atoms with Crippen LogP contribution in [0, 0.1) is 10.8 Å². The monoisotopic (exact) mass is 402 g/mol. The SMILES string of the molecule is CC1(C)CC(=O)C2(Cc3ccccc3N3CCN(Cc4ccccc4)CC32)C(=O)C1. The minimum Gasteiger partial charge on any atom is -0.364 e. The Labute approximate surface area is 178 Å². The van der Waals surface area contributed by atoms with Crippen LogP contribution in [0.25, 0.3) is 0 Å². The van der Waals surface area contributed by atoms with Crippen LogP contribution in [0.15, 0.2) is 54.6 Å². The maximum atomic E-state index is 13.7. The largest absolute Gasteiger partial charge is 0.364 e. The van der Waals surface area contributed by atoms with E-state index in [2.05, 4.69) is 52.3 Å². The predicted octanol–water partition coefficient (Wildman–Crippen LogP) is 3.88. The molecule has 0 bridgehead atoms. The Morgan fingerprint density at radius 3 is 2.27 bits per heavy atom. The Morgan fingerprint density at radius 2 is 1.53 bits per heavy atom. The summed E-state index contributed by atoms with van der Waals surface area (Å²) in [4.78, 5) is 32.1. The van der Waals surface area contributed by atoms with Crippen molar-refractivity contribution < 1.29 is 9.59 Å². The number of nitrogens with zero attached hydrogens (tertiary/aromatic N) is 2. The highest BCUT2D eigenvalue weighted by molar-refractivity contribution is 6.11. The topological polar surface area (TPSA) is 40.6 Å². The molecule has 1 saturated carbocycles. The summed E-state index contributed by atoms with van der Waals surface area (Å²) >= 11 is 0. The van der Waals surface area contributed by atoms with E-state index >= 15 is 0 Å². The third kappa shape index (κ3) is 3.09. The van der Waals surface area contributed by atoms with Gasteiger partial charge in [0.2, 0.25) is 0 Å². The number of carbonyl (C=O) groups is 2. The predicted molar refractivity (Wildman–Crippen MR) is 118 cm³/mol. The van der Waals surface area contributed by atoms with E-state index in [1.165, 1.54) is 11.3 Å². The molecule has 4 nitrogen and oxygen atoms in total. The Kier molecular flexibility index (Phi) is 4.59. The zero-order chi connectivity index (χ0) is 20.9. The number of Topliss-reactive ketones (excluding diaryl/α,β-unsaturated/α-hetero) is 2. The van der Waals surface area contributed by atoms with Crippen molar-refractivity contribution in [1.82, 2.24) is 4.90 Å². The molecule has 2 aromatic rings. The van der Waals surface area contributed by atoms with Crippen molar-refractivity contribution >= 4 is 17.3 Å². The molecule has 0 radical (unpaired) electrons. The summed E-state index contributed by atoms with van der Waals surface area (Å²) in [6.45, 7) is 7.49. The minimum atomic E-state index is -0.904. The normalized spacial score (nSPS) is 25.1. The number of rotatable bonds is 2. The molecule has 3 aliphatic rings. The first kappa shape index (κ1) is 19.5. The van der Waals surface area contributed by atoms with Gasteiger partial charge in [0.1, 0.15) is 17.0 Å². The number of piperazine rings is 1. The number of hydrogen-bond donors (Lipinski definition) is 0. The number of fused-ring (bicyclic) bond motifs is 4. The third-order valence-corrected chi connectivity index (χ3v) is 7.33. The Hall–Kier alpha value is -2.46. The zero-order valence-electron chi connectivity index (χ0n) is 17.9. The van der Waals surface area contributed by atoms with Gasteiger partial charge in [-0.1, -0.05) is 62.4 Å². The van der Waals surface area contributed by atoms with Crippen LogP contribution in [0.1, 0.15) is 37.8 Å². The Bertz CT molecular complexity index is 962. The van der Waals surface area contributed by atoms with Crippen molar-refractivity contribution in [3.63, 3.8) is 0 Å². The fourth-order valence-corrected chi connectivity index (χ4v) is 5.87. The fraction of sp³-hybridized carbons (Fsp3) is 0.462. The number of anilines is 1. The lowest BCUT2D eigenvalue weighted by molar-refractivity contribution is -0.151. The lowest BCUT2D eigenvalue weighted by atomic mass is 9.56. The van der Waals surface area contributed by atoms with Gasteiger partial charge >= 0.3 is 0 Å². The standard InChI is InChI=1S/C26H30N2O2/c1-25(2)15-23(29)26(24(30)16-25)14-20-10-6-7-11-21(20)28-13-12-27(18-22(26)28)17-19-8-4-3-5-9-19/h3-11,22H,12-18H2,1-2H3. The van der Waals surface area contributed by atoms with Gasteiger partial charge in [0.05, 0.1) is 6.04 Å². The van der Waals surface area contributed by atoms with Crippen molar-refractivity contribution in [1.29, 1.82) is 0 Å². The van der Waals surface area contributed by atoms with Gasteiger partial charge in [-0.15, -0.1) is 0 Å². The van der Waals surface area contributed by atoms with Crippen molar-refractivity contribution in [3.8, 4) is 0 Å². The van der Waals surface area contributed by atoms with Crippen molar-refractivity contribution in [2.45, 2.75) is 45.7 Å². The molecule has 1 aliphatic carbocycles. The van der Waals surface area contributed by atoms with Crippen molar-refractivity contribution in [3.05, 3.63) is 65.7 Å². The maximum absolute atomic E-state index is 13.7. The molecule has 0 N–H and O–H groups in total. The van der Waals surface area contributed by atoms with E-state index < -0.39 is 5.41 Å². The molecule has 1 atom stereocenters. The van der Waals surface area contributed by atoms with E-state index in [-0.39, 0.29) is 23.0 Å². The second kappa shape index (κ2) is 7.05. The second-order valence-electron chi connectivity index (χ2n) is 10.1. The first-order valence-corrected chi connectivity index (χ1v) is 11.1. The first-order chi connectivity index (χ1) is 14.4. The summed E-state index contributed by atoms with van der Waals surface area (Å²) in [5, 5.41) is 0. The highest BCUT2D eigenvalue weighted by atomic mass is 16.2. The summed E-state index contributed by atoms with van der Waals surface area (Å²) in [7, 11) is 0. The number of hydrogen-bond acceptors (Lipinski definition) is 4. The second-order valence-corrected chi connectivity index (χ2v) is 10.1. The van der Waals surface area contributed by atoms with Crippen molar-refractivity contribution in [2.75, 3.05) is 24.5 Å². The molecule has 0 aromatic heterocycles. The van der Waals surface area contributed by atoms with E-state index in [9.17, 15) is 9.59 Å². The molecule has 2 aliphatic heterocycles. The van der Waals surface area contributed by atoms with Gasteiger partial charge < -0.3 is 4.90 Å². The zero-order valence-corrected chi connectivity index (χ0v) is 17.9. The molecule has 4 heteroatoms. The van der Waals surface area contributed by atoms with Crippen LogP contribution < -0.4 is 4.90 Å². The van der Waals surface area contributed by atoms with E-state index in [0.29, 0.717) is 19.3 Å². The molecule has 5 rings (SSSR count). The van der Waals surface area contributed by atoms with Gasteiger partial charge in [0.15, 0.2) is 0 Å². The highest BCUT2D eigenvalue weighted by Gasteiger charge is 2.60. The smallest absolute Gasteiger partial charge is 0.149 e. The molecule has 1 saturated heterocycles. The molecule has 2 aromatic carbocycles. The minimum absolute atomic E-state index is 0.0824. The van der Waals surface area contributed by atoms with Gasteiger partial charge in [-0.3, -0.25) is 14.5 Å². The van der Waals surface area contributed by atoms with Crippen LogP contribution in [0.4, 0.5) is 5.69 Å². The molecule has 1 spiro atoms. The van der Waals surface area contributed by atoms with E-state index in [1.54, 1.807) is 0 Å². The van der Waals surface area contributed by atoms with Crippen molar-refractivity contribution in [2.24, 2.45) is 10.8 Å². The first-order valence-electron chi connectivity index (χ1n) is 11.1. The lowest BCUT2D eigenvalue weighted by Crippen LogP contribution is -2.69.